The summed E-state index contributed by atoms with van der Waals surface area (Å²) < 4.78 is 31.7. The summed E-state index contributed by atoms with van der Waals surface area (Å²) in [5, 5.41) is 6.25. The number of halogens is 3. The van der Waals surface area contributed by atoms with E-state index in [-0.39, 0.29) is 42.2 Å². The number of hydrogen-bond acceptors (Lipinski definition) is 3. The maximum Gasteiger partial charge on any atom is 0.222 e. The minimum Gasteiger partial charge on any atom is -0.489 e. The van der Waals surface area contributed by atoms with Crippen molar-refractivity contribution < 1.29 is 18.3 Å². The molecule has 1 aliphatic heterocycles. The smallest absolute Gasteiger partial charge is 0.222 e. The molecule has 2 N–H and O–H groups in total. The van der Waals surface area contributed by atoms with Crippen LogP contribution in [0.5, 0.6) is 5.75 Å². The summed E-state index contributed by atoms with van der Waals surface area (Å²) in [6, 6.07) is 3.23. The molecule has 1 aromatic rings. The molecule has 1 aromatic carbocycles. The average molecular weight is 524 g/mol. The molecule has 29 heavy (non-hydrogen) atoms. The fourth-order valence-corrected chi connectivity index (χ4v) is 2.99. The first kappa shape index (κ1) is 25.4. The average Bonchev–Trinajstić information content (AvgIpc) is 2.87. The van der Waals surface area contributed by atoms with Gasteiger partial charge in [0.05, 0.1) is 6.54 Å². The van der Waals surface area contributed by atoms with Crippen molar-refractivity contribution in [3.63, 3.8) is 0 Å². The van der Waals surface area contributed by atoms with Gasteiger partial charge in [0.1, 0.15) is 12.4 Å². The van der Waals surface area contributed by atoms with Gasteiger partial charge in [-0.05, 0) is 38.3 Å². The molecule has 0 aromatic heterocycles. The van der Waals surface area contributed by atoms with Gasteiger partial charge in [-0.25, -0.2) is 8.78 Å². The largest absolute Gasteiger partial charge is 0.489 e. The Kier molecular flexibility index (Phi) is 12.6. The number of carbonyl (C=O) groups is 1. The Balaban J connectivity index is 0.00000420. The summed E-state index contributed by atoms with van der Waals surface area (Å²) >= 11 is 0. The number of ether oxygens (including phenoxy) is 1. The maximum absolute atomic E-state index is 13.5. The Morgan fingerprint density at radius 2 is 2.07 bits per heavy atom. The number of rotatable bonds is 9. The summed E-state index contributed by atoms with van der Waals surface area (Å²) in [6.07, 6.45) is 4.65. The molecule has 0 spiro atoms. The third kappa shape index (κ3) is 9.60. The van der Waals surface area contributed by atoms with Crippen molar-refractivity contribution in [1.29, 1.82) is 0 Å². The zero-order valence-corrected chi connectivity index (χ0v) is 19.2. The van der Waals surface area contributed by atoms with E-state index in [0.29, 0.717) is 32.0 Å². The van der Waals surface area contributed by atoms with Crippen molar-refractivity contribution in [2.45, 2.75) is 39.0 Å². The van der Waals surface area contributed by atoms with Gasteiger partial charge in [0.25, 0.3) is 0 Å². The zero-order chi connectivity index (χ0) is 20.2. The molecule has 0 aliphatic carbocycles. The molecule has 1 amide bonds. The second-order valence-corrected chi connectivity index (χ2v) is 6.66. The second kappa shape index (κ2) is 14.4. The van der Waals surface area contributed by atoms with Gasteiger partial charge in [0, 0.05) is 38.7 Å². The van der Waals surface area contributed by atoms with Crippen LogP contribution in [-0.4, -0.2) is 56.1 Å². The van der Waals surface area contributed by atoms with Gasteiger partial charge in [-0.1, -0.05) is 6.42 Å². The lowest BCUT2D eigenvalue weighted by molar-refractivity contribution is -0.130. The number of likely N-dealkylation sites (tertiary alicyclic amines) is 1. The van der Waals surface area contributed by atoms with Gasteiger partial charge < -0.3 is 20.3 Å². The van der Waals surface area contributed by atoms with Gasteiger partial charge in [-0.15, -0.1) is 24.0 Å². The molecule has 2 rings (SSSR count). The predicted octanol–water partition coefficient (Wildman–Crippen LogP) is 3.31. The SMILES string of the molecule is CCNC(=NCCCN1CCCCCC1=O)NCCOc1ccc(F)cc1F.I. The van der Waals surface area contributed by atoms with Gasteiger partial charge in [-0.2, -0.15) is 0 Å². The van der Waals surface area contributed by atoms with Gasteiger partial charge in [0.2, 0.25) is 5.91 Å². The van der Waals surface area contributed by atoms with E-state index >= 15 is 0 Å². The van der Waals surface area contributed by atoms with E-state index in [0.717, 1.165) is 50.9 Å². The summed E-state index contributed by atoms with van der Waals surface area (Å²) in [5.74, 6) is -0.438. The van der Waals surface area contributed by atoms with Crippen LogP contribution in [0.2, 0.25) is 0 Å². The molecule has 0 bridgehead atoms. The van der Waals surface area contributed by atoms with Crippen LogP contribution in [0, 0.1) is 11.6 Å². The van der Waals surface area contributed by atoms with Gasteiger partial charge in [0.15, 0.2) is 17.5 Å². The van der Waals surface area contributed by atoms with Crippen LogP contribution in [0.15, 0.2) is 23.2 Å². The van der Waals surface area contributed by atoms with Crippen LogP contribution in [-0.2, 0) is 4.79 Å². The number of guanidine groups is 1. The van der Waals surface area contributed by atoms with Crippen LogP contribution in [0.4, 0.5) is 8.78 Å². The zero-order valence-electron chi connectivity index (χ0n) is 16.9. The van der Waals surface area contributed by atoms with E-state index < -0.39 is 11.6 Å². The molecular weight excluding hydrogens is 493 g/mol. The third-order valence-corrected chi connectivity index (χ3v) is 4.42. The highest BCUT2D eigenvalue weighted by molar-refractivity contribution is 14.0. The van der Waals surface area contributed by atoms with Crippen LogP contribution in [0.3, 0.4) is 0 Å². The fraction of sp³-hybridized carbons (Fsp3) is 0.600. The number of amides is 1. The Hall–Kier alpha value is -1.65. The Morgan fingerprint density at radius 3 is 2.83 bits per heavy atom. The summed E-state index contributed by atoms with van der Waals surface area (Å²) in [7, 11) is 0. The lowest BCUT2D eigenvalue weighted by atomic mass is 10.2. The van der Waals surface area contributed by atoms with Crippen LogP contribution < -0.4 is 15.4 Å². The first-order valence-electron chi connectivity index (χ1n) is 9.98. The minimum atomic E-state index is -0.719. The molecule has 1 saturated heterocycles. The van der Waals surface area contributed by atoms with Crippen molar-refractivity contribution in [3.8, 4) is 5.75 Å². The first-order valence-corrected chi connectivity index (χ1v) is 9.98. The van der Waals surface area contributed by atoms with E-state index in [4.69, 9.17) is 4.74 Å². The predicted molar refractivity (Wildman–Crippen MR) is 121 cm³/mol. The number of hydrogen-bond donors (Lipinski definition) is 2. The quantitative estimate of drug-likeness (QED) is 0.225. The molecule has 1 aliphatic rings. The maximum atomic E-state index is 13.5. The molecule has 1 heterocycles. The molecule has 9 heteroatoms. The number of nitrogens with one attached hydrogen (secondary N) is 2. The Morgan fingerprint density at radius 1 is 1.24 bits per heavy atom. The highest BCUT2D eigenvalue weighted by Crippen LogP contribution is 2.17. The van der Waals surface area contributed by atoms with Crippen molar-refractivity contribution in [3.05, 3.63) is 29.8 Å². The molecule has 1 fully saturated rings. The van der Waals surface area contributed by atoms with E-state index in [1.165, 1.54) is 6.07 Å². The summed E-state index contributed by atoms with van der Waals surface area (Å²) in [5.41, 5.74) is 0. The lowest BCUT2D eigenvalue weighted by Crippen LogP contribution is -2.39. The van der Waals surface area contributed by atoms with Crippen molar-refractivity contribution in [2.24, 2.45) is 4.99 Å². The molecule has 0 atom stereocenters. The normalized spacial score (nSPS) is 14.8. The van der Waals surface area contributed by atoms with E-state index in [1.54, 1.807) is 0 Å². The van der Waals surface area contributed by atoms with Crippen LogP contribution in [0.1, 0.15) is 39.0 Å². The second-order valence-electron chi connectivity index (χ2n) is 6.66. The number of carbonyl (C=O) groups excluding carboxylic acids is 1. The summed E-state index contributed by atoms with van der Waals surface area (Å²) in [4.78, 5) is 18.4. The molecular formula is C20H31F2IN4O2. The number of nitrogens with zero attached hydrogens (tertiary/aromatic N) is 2. The standard InChI is InChI=1S/C20H30F2N4O2.HI/c1-2-23-20(24-10-6-13-26-12-5-3-4-7-19(26)27)25-11-14-28-18-9-8-16(21)15-17(18)22;/h8-9,15H,2-7,10-14H2,1H3,(H2,23,24,25);1H. The number of aliphatic imine (C=N–C) groups is 1. The van der Waals surface area contributed by atoms with Crippen LogP contribution >= 0.6 is 24.0 Å². The molecule has 164 valence electrons. The highest BCUT2D eigenvalue weighted by Gasteiger charge is 2.15. The van der Waals surface area contributed by atoms with Crippen molar-refractivity contribution in [1.82, 2.24) is 15.5 Å². The first-order chi connectivity index (χ1) is 13.6. The third-order valence-electron chi connectivity index (χ3n) is 4.42. The number of benzene rings is 1. The Bertz CT molecular complexity index is 661. The lowest BCUT2D eigenvalue weighted by Gasteiger charge is -2.20. The molecule has 0 saturated carbocycles. The van der Waals surface area contributed by atoms with E-state index in [9.17, 15) is 13.6 Å². The van der Waals surface area contributed by atoms with Crippen molar-refractivity contribution in [2.75, 3.05) is 39.3 Å². The minimum absolute atomic E-state index is 0. The Labute approximate surface area is 188 Å². The van der Waals surface area contributed by atoms with Crippen LogP contribution in [0.25, 0.3) is 0 Å². The van der Waals surface area contributed by atoms with Gasteiger partial charge >= 0.3 is 0 Å². The molecule has 0 unspecified atom stereocenters. The van der Waals surface area contributed by atoms with Crippen molar-refractivity contribution >= 4 is 35.8 Å². The fourth-order valence-electron chi connectivity index (χ4n) is 2.99. The highest BCUT2D eigenvalue weighted by atomic mass is 127. The molecule has 6 nitrogen and oxygen atoms in total. The van der Waals surface area contributed by atoms with E-state index in [2.05, 4.69) is 15.6 Å². The molecule has 0 radical (unpaired) electrons. The monoisotopic (exact) mass is 524 g/mol. The van der Waals surface area contributed by atoms with Gasteiger partial charge in [-0.3, -0.25) is 9.79 Å². The van der Waals surface area contributed by atoms with E-state index in [1.807, 2.05) is 11.8 Å². The topological polar surface area (TPSA) is 66.0 Å². The summed E-state index contributed by atoms with van der Waals surface area (Å²) in [6.45, 7) is 5.50.